The van der Waals surface area contributed by atoms with E-state index in [1.54, 1.807) is 30.5 Å². The minimum atomic E-state index is -0.857. The predicted octanol–water partition coefficient (Wildman–Crippen LogP) is 3.28. The van der Waals surface area contributed by atoms with Crippen LogP contribution >= 0.6 is 12.4 Å². The highest BCUT2D eigenvalue weighted by Gasteiger charge is 2.47. The number of pyridine rings is 1. The molecule has 1 aliphatic carbocycles. The number of ether oxygens (including phenoxy) is 1. The Morgan fingerprint density at radius 3 is 2.62 bits per heavy atom. The third-order valence-electron chi connectivity index (χ3n) is 5.68. The third-order valence-corrected chi connectivity index (χ3v) is 5.68. The number of amides is 2. The molecule has 2 N–H and O–H groups in total. The van der Waals surface area contributed by atoms with Gasteiger partial charge in [0, 0.05) is 35.4 Å². The summed E-state index contributed by atoms with van der Waals surface area (Å²) in [5.74, 6) is -1.60. The number of aliphatic carboxylic acids is 1. The zero-order valence-corrected chi connectivity index (χ0v) is 18.2. The molecule has 1 aromatic heterocycles. The number of carboxylic acids is 1. The number of nitrogens with one attached hydrogen (secondary N) is 1. The summed E-state index contributed by atoms with van der Waals surface area (Å²) in [6.07, 6.45) is 2.05. The summed E-state index contributed by atoms with van der Waals surface area (Å²) in [4.78, 5) is 40.0. The normalized spacial score (nSPS) is 18.5. The second-order valence-electron chi connectivity index (χ2n) is 8.00. The van der Waals surface area contributed by atoms with E-state index >= 15 is 0 Å². The standard InChI is InChI=1S/C22H22FN3O5.ClH/c1-13(27)24-11-16-12-26(21(30)31-16)15-3-4-17(18(23)8-15)14-2-5-19(25-10-14)22(6-7-22)9-20(28)29;/h2-5,8,10,16H,6-7,9,11-12H2,1H3,(H,24,27)(H,28,29);1H/t16-;/m0./s1. The van der Waals surface area contributed by atoms with Gasteiger partial charge < -0.3 is 15.2 Å². The molecule has 1 aliphatic heterocycles. The van der Waals surface area contributed by atoms with E-state index < -0.39 is 29.4 Å². The smallest absolute Gasteiger partial charge is 0.414 e. The van der Waals surface area contributed by atoms with Crippen molar-refractivity contribution < 1.29 is 28.6 Å². The van der Waals surface area contributed by atoms with Crippen LogP contribution in [0.4, 0.5) is 14.9 Å². The van der Waals surface area contributed by atoms with Crippen molar-refractivity contribution in [3.63, 3.8) is 0 Å². The van der Waals surface area contributed by atoms with Crippen molar-refractivity contribution in [2.45, 2.75) is 37.7 Å². The molecule has 2 amide bonds. The number of carbonyl (C=O) groups excluding carboxylic acids is 2. The van der Waals surface area contributed by atoms with Crippen LogP contribution in [0.5, 0.6) is 0 Å². The number of hydrogen-bond acceptors (Lipinski definition) is 5. The maximum absolute atomic E-state index is 14.8. The Morgan fingerprint density at radius 1 is 1.31 bits per heavy atom. The molecular formula is C22H23ClFN3O5. The van der Waals surface area contributed by atoms with Gasteiger partial charge in [0.25, 0.3) is 0 Å². The van der Waals surface area contributed by atoms with Gasteiger partial charge in [-0.2, -0.15) is 0 Å². The van der Waals surface area contributed by atoms with Gasteiger partial charge in [-0.1, -0.05) is 6.07 Å². The van der Waals surface area contributed by atoms with Gasteiger partial charge in [0.05, 0.1) is 25.2 Å². The first-order valence-electron chi connectivity index (χ1n) is 9.98. The van der Waals surface area contributed by atoms with Crippen LogP contribution in [0, 0.1) is 5.82 Å². The van der Waals surface area contributed by atoms with Crippen LogP contribution in [0.1, 0.15) is 31.9 Å². The number of halogens is 2. The van der Waals surface area contributed by atoms with Crippen LogP contribution in [-0.4, -0.2) is 47.3 Å². The van der Waals surface area contributed by atoms with Gasteiger partial charge in [0.1, 0.15) is 11.9 Å². The van der Waals surface area contributed by atoms with Crippen molar-refractivity contribution in [1.29, 1.82) is 0 Å². The summed E-state index contributed by atoms with van der Waals surface area (Å²) >= 11 is 0. The Labute approximate surface area is 190 Å². The number of carbonyl (C=O) groups is 3. The fourth-order valence-electron chi connectivity index (χ4n) is 3.83. The van der Waals surface area contributed by atoms with E-state index in [0.29, 0.717) is 22.5 Å². The van der Waals surface area contributed by atoms with Gasteiger partial charge in [-0.05, 0) is 37.1 Å². The van der Waals surface area contributed by atoms with Crippen molar-refractivity contribution in [3.05, 3.63) is 48.0 Å². The summed E-state index contributed by atoms with van der Waals surface area (Å²) < 4.78 is 20.1. The summed E-state index contributed by atoms with van der Waals surface area (Å²) in [6.45, 7) is 1.78. The Morgan fingerprint density at radius 2 is 2.06 bits per heavy atom. The molecular weight excluding hydrogens is 441 g/mol. The van der Waals surface area contributed by atoms with Crippen molar-refractivity contribution in [1.82, 2.24) is 10.3 Å². The Balaban J connectivity index is 0.00000289. The number of aromatic nitrogens is 1. The quantitative estimate of drug-likeness (QED) is 0.652. The monoisotopic (exact) mass is 463 g/mol. The van der Waals surface area contributed by atoms with Crippen molar-refractivity contribution >= 4 is 36.1 Å². The van der Waals surface area contributed by atoms with E-state index in [2.05, 4.69) is 10.3 Å². The number of hydrogen-bond donors (Lipinski definition) is 2. The third kappa shape index (κ3) is 4.83. The maximum atomic E-state index is 14.8. The fraction of sp³-hybridized carbons (Fsp3) is 0.364. The molecule has 0 radical (unpaired) electrons. The molecule has 2 fully saturated rings. The van der Waals surface area contributed by atoms with Gasteiger partial charge >= 0.3 is 12.1 Å². The van der Waals surface area contributed by atoms with E-state index in [-0.39, 0.29) is 37.8 Å². The lowest BCUT2D eigenvalue weighted by atomic mass is 9.96. The topological polar surface area (TPSA) is 109 Å². The molecule has 0 spiro atoms. The number of anilines is 1. The number of rotatable bonds is 7. The van der Waals surface area contributed by atoms with E-state index in [0.717, 1.165) is 12.8 Å². The molecule has 2 heterocycles. The summed E-state index contributed by atoms with van der Waals surface area (Å²) in [5.41, 5.74) is 1.55. The first-order chi connectivity index (χ1) is 14.8. The molecule has 10 heteroatoms. The average molecular weight is 464 g/mol. The molecule has 2 aromatic rings. The number of benzene rings is 1. The number of carboxylic acid groups (broad SMARTS) is 1. The van der Waals surface area contributed by atoms with Gasteiger partial charge in [-0.25, -0.2) is 9.18 Å². The molecule has 1 aromatic carbocycles. The summed E-state index contributed by atoms with van der Waals surface area (Å²) in [7, 11) is 0. The first kappa shape index (κ1) is 23.5. The molecule has 1 atom stereocenters. The van der Waals surface area contributed by atoms with Crippen molar-refractivity contribution in [2.75, 3.05) is 18.0 Å². The molecule has 2 aliphatic rings. The lowest BCUT2D eigenvalue weighted by molar-refractivity contribution is -0.137. The summed E-state index contributed by atoms with van der Waals surface area (Å²) in [6, 6.07) is 7.94. The van der Waals surface area contributed by atoms with Gasteiger partial charge in [-0.3, -0.25) is 19.5 Å². The second-order valence-corrected chi connectivity index (χ2v) is 8.00. The van der Waals surface area contributed by atoms with Gasteiger partial charge in [-0.15, -0.1) is 12.4 Å². The minimum Gasteiger partial charge on any atom is -0.481 e. The molecule has 1 saturated carbocycles. The predicted molar refractivity (Wildman–Crippen MR) is 116 cm³/mol. The first-order valence-corrected chi connectivity index (χ1v) is 9.98. The molecule has 170 valence electrons. The van der Waals surface area contributed by atoms with Crippen molar-refractivity contribution in [3.8, 4) is 11.1 Å². The number of nitrogens with zero attached hydrogens (tertiary/aromatic N) is 2. The van der Waals surface area contributed by atoms with Crippen molar-refractivity contribution in [2.24, 2.45) is 0 Å². The fourth-order valence-corrected chi connectivity index (χ4v) is 3.83. The van der Waals surface area contributed by atoms with Gasteiger partial charge in [0.15, 0.2) is 0 Å². The lowest BCUT2D eigenvalue weighted by Gasteiger charge is -2.15. The Kier molecular flexibility index (Phi) is 6.68. The van der Waals surface area contributed by atoms with E-state index in [1.165, 1.54) is 17.9 Å². The maximum Gasteiger partial charge on any atom is 0.414 e. The van der Waals surface area contributed by atoms with Crippen LogP contribution in [0.3, 0.4) is 0 Å². The average Bonchev–Trinajstić information content (AvgIpc) is 3.39. The van der Waals surface area contributed by atoms with Crippen LogP contribution in [0.2, 0.25) is 0 Å². The van der Waals surface area contributed by atoms with Crippen LogP contribution in [-0.2, 0) is 19.7 Å². The summed E-state index contributed by atoms with van der Waals surface area (Å²) in [5, 5.41) is 11.7. The SMILES string of the molecule is CC(=O)NC[C@H]1CN(c2ccc(-c3ccc(C4(CC(=O)O)CC4)nc3)c(F)c2)C(=O)O1.Cl. The Bertz CT molecular complexity index is 1040. The van der Waals surface area contributed by atoms with Crippen LogP contribution < -0.4 is 10.2 Å². The lowest BCUT2D eigenvalue weighted by Crippen LogP contribution is -2.33. The molecule has 8 nitrogen and oxygen atoms in total. The highest BCUT2D eigenvalue weighted by atomic mass is 35.5. The van der Waals surface area contributed by atoms with Gasteiger partial charge in [0.2, 0.25) is 5.91 Å². The Hall–Kier alpha value is -3.20. The largest absolute Gasteiger partial charge is 0.481 e. The zero-order chi connectivity index (χ0) is 22.2. The molecule has 0 bridgehead atoms. The van der Waals surface area contributed by atoms with E-state index in [9.17, 15) is 18.8 Å². The highest BCUT2D eigenvalue weighted by molar-refractivity contribution is 5.90. The second kappa shape index (κ2) is 9.12. The number of cyclic esters (lactones) is 1. The highest BCUT2D eigenvalue weighted by Crippen LogP contribution is 2.50. The van der Waals surface area contributed by atoms with E-state index in [4.69, 9.17) is 9.84 Å². The van der Waals surface area contributed by atoms with E-state index in [1.807, 2.05) is 0 Å². The van der Waals surface area contributed by atoms with Crippen LogP contribution in [0.25, 0.3) is 11.1 Å². The molecule has 1 saturated heterocycles. The molecule has 32 heavy (non-hydrogen) atoms. The minimum absolute atomic E-state index is 0. The zero-order valence-electron chi connectivity index (χ0n) is 17.3. The van der Waals surface area contributed by atoms with Crippen LogP contribution in [0.15, 0.2) is 36.5 Å². The molecule has 4 rings (SSSR count). The molecule has 0 unspecified atom stereocenters.